The highest BCUT2D eigenvalue weighted by molar-refractivity contribution is 5.63. The Bertz CT molecular complexity index is 638. The van der Waals surface area contributed by atoms with Gasteiger partial charge in [0.25, 0.3) is 0 Å². The number of aromatic nitrogens is 1. The summed E-state index contributed by atoms with van der Waals surface area (Å²) in [6.45, 7) is 9.81. The molecule has 1 unspecified atom stereocenters. The lowest BCUT2D eigenvalue weighted by molar-refractivity contribution is 0.204. The third-order valence-electron chi connectivity index (χ3n) is 4.30. The first-order chi connectivity index (χ1) is 9.95. The molecule has 21 heavy (non-hydrogen) atoms. The lowest BCUT2D eigenvalue weighted by atomic mass is 9.73. The minimum Gasteiger partial charge on any atom is -0.493 e. The number of fused-ring (bicyclic) bond motifs is 1. The number of hydrogen-bond acceptors (Lipinski definition) is 2. The van der Waals surface area contributed by atoms with Crippen LogP contribution in [-0.2, 0) is 0 Å². The first-order valence-electron chi connectivity index (χ1n) is 7.65. The van der Waals surface area contributed by atoms with Crippen LogP contribution in [0.2, 0.25) is 0 Å². The first-order valence-corrected chi connectivity index (χ1v) is 7.65. The Balaban J connectivity index is 2.05. The molecule has 0 saturated carbocycles. The SMILES string of the molecule is Cc1ccc(-c2ccc3c(c2)C(C(C)(C)C)CCO3)nc1. The number of benzene rings is 1. The molecular formula is C19H23NO. The van der Waals surface area contributed by atoms with E-state index in [0.29, 0.717) is 5.92 Å². The zero-order valence-electron chi connectivity index (χ0n) is 13.3. The Morgan fingerprint density at radius 1 is 1.14 bits per heavy atom. The highest BCUT2D eigenvalue weighted by Gasteiger charge is 2.31. The standard InChI is InChI=1S/C19H23NO/c1-13-5-7-17(20-12-13)14-6-8-18-15(11-14)16(9-10-21-18)19(2,3)4/h5-8,11-12,16H,9-10H2,1-4H3. The van der Waals surface area contributed by atoms with E-state index in [2.05, 4.69) is 63.0 Å². The van der Waals surface area contributed by atoms with Crippen LogP contribution in [0.25, 0.3) is 11.3 Å². The van der Waals surface area contributed by atoms with Crippen molar-refractivity contribution in [3.63, 3.8) is 0 Å². The van der Waals surface area contributed by atoms with E-state index in [4.69, 9.17) is 4.74 Å². The molecule has 0 radical (unpaired) electrons. The van der Waals surface area contributed by atoms with Crippen LogP contribution in [0.4, 0.5) is 0 Å². The van der Waals surface area contributed by atoms with E-state index in [1.54, 1.807) is 0 Å². The molecule has 110 valence electrons. The second kappa shape index (κ2) is 5.18. The molecule has 0 N–H and O–H groups in total. The van der Waals surface area contributed by atoms with Crippen molar-refractivity contribution in [1.82, 2.24) is 4.98 Å². The Kier molecular flexibility index (Phi) is 3.48. The fourth-order valence-electron chi connectivity index (χ4n) is 3.09. The number of nitrogens with zero attached hydrogens (tertiary/aromatic N) is 1. The number of rotatable bonds is 1. The van der Waals surface area contributed by atoms with Crippen LogP contribution in [0.15, 0.2) is 36.5 Å². The molecule has 1 aliphatic rings. The van der Waals surface area contributed by atoms with E-state index in [0.717, 1.165) is 24.5 Å². The second-order valence-electron chi connectivity index (χ2n) is 7.03. The molecule has 0 bridgehead atoms. The number of hydrogen-bond donors (Lipinski definition) is 0. The Morgan fingerprint density at radius 3 is 2.62 bits per heavy atom. The topological polar surface area (TPSA) is 22.1 Å². The van der Waals surface area contributed by atoms with E-state index in [9.17, 15) is 0 Å². The van der Waals surface area contributed by atoms with E-state index < -0.39 is 0 Å². The third-order valence-corrected chi connectivity index (χ3v) is 4.30. The quantitative estimate of drug-likeness (QED) is 0.736. The maximum atomic E-state index is 5.84. The maximum absolute atomic E-state index is 5.84. The maximum Gasteiger partial charge on any atom is 0.122 e. The van der Waals surface area contributed by atoms with Gasteiger partial charge in [-0.1, -0.05) is 26.8 Å². The van der Waals surface area contributed by atoms with Gasteiger partial charge >= 0.3 is 0 Å². The van der Waals surface area contributed by atoms with Crippen molar-refractivity contribution in [3.05, 3.63) is 47.7 Å². The molecule has 0 spiro atoms. The molecule has 1 atom stereocenters. The Labute approximate surface area is 127 Å². The van der Waals surface area contributed by atoms with Crippen molar-refractivity contribution in [2.45, 2.75) is 40.0 Å². The van der Waals surface area contributed by atoms with Crippen molar-refractivity contribution in [2.24, 2.45) is 5.41 Å². The molecule has 0 amide bonds. The molecule has 2 nitrogen and oxygen atoms in total. The summed E-state index contributed by atoms with van der Waals surface area (Å²) in [4.78, 5) is 4.54. The highest BCUT2D eigenvalue weighted by Crippen LogP contribution is 2.45. The monoisotopic (exact) mass is 281 g/mol. The van der Waals surface area contributed by atoms with Crippen LogP contribution in [0.5, 0.6) is 5.75 Å². The fourth-order valence-corrected chi connectivity index (χ4v) is 3.09. The summed E-state index contributed by atoms with van der Waals surface area (Å²) in [7, 11) is 0. The summed E-state index contributed by atoms with van der Waals surface area (Å²) in [5.74, 6) is 1.57. The van der Waals surface area contributed by atoms with Gasteiger partial charge in [0.2, 0.25) is 0 Å². The normalized spacial score (nSPS) is 18.0. The minimum atomic E-state index is 0.248. The summed E-state index contributed by atoms with van der Waals surface area (Å²) in [6.07, 6.45) is 3.01. The Morgan fingerprint density at radius 2 is 1.95 bits per heavy atom. The highest BCUT2D eigenvalue weighted by atomic mass is 16.5. The van der Waals surface area contributed by atoms with Crippen molar-refractivity contribution in [2.75, 3.05) is 6.61 Å². The molecule has 0 saturated heterocycles. The summed E-state index contributed by atoms with van der Waals surface area (Å²) in [6, 6.07) is 10.7. The van der Waals surface area contributed by atoms with Gasteiger partial charge in [0, 0.05) is 11.8 Å². The predicted octanol–water partition coefficient (Wildman–Crippen LogP) is 4.97. The first kappa shape index (κ1) is 14.1. The van der Waals surface area contributed by atoms with Gasteiger partial charge in [-0.2, -0.15) is 0 Å². The van der Waals surface area contributed by atoms with Crippen molar-refractivity contribution in [3.8, 4) is 17.0 Å². The van der Waals surface area contributed by atoms with Crippen LogP contribution in [0.3, 0.4) is 0 Å². The number of pyridine rings is 1. The molecule has 1 aromatic heterocycles. The third kappa shape index (κ3) is 2.80. The fraction of sp³-hybridized carbons (Fsp3) is 0.421. The van der Waals surface area contributed by atoms with E-state index in [1.807, 2.05) is 6.20 Å². The molecule has 1 aromatic carbocycles. The lowest BCUT2D eigenvalue weighted by Gasteiger charge is -2.35. The smallest absolute Gasteiger partial charge is 0.122 e. The average molecular weight is 281 g/mol. The molecule has 2 heterocycles. The molecule has 1 aliphatic heterocycles. The van der Waals surface area contributed by atoms with E-state index in [-0.39, 0.29) is 5.41 Å². The van der Waals surface area contributed by atoms with E-state index >= 15 is 0 Å². The van der Waals surface area contributed by atoms with Crippen molar-refractivity contribution < 1.29 is 4.74 Å². The predicted molar refractivity (Wildman–Crippen MR) is 86.7 cm³/mol. The van der Waals surface area contributed by atoms with Gasteiger partial charge in [-0.05, 0) is 60.1 Å². The molecular weight excluding hydrogens is 258 g/mol. The molecule has 3 rings (SSSR count). The van der Waals surface area contributed by atoms with Gasteiger partial charge in [-0.25, -0.2) is 0 Å². The number of ether oxygens (including phenoxy) is 1. The van der Waals surface area contributed by atoms with Gasteiger partial charge in [0.05, 0.1) is 12.3 Å². The Hall–Kier alpha value is -1.83. The van der Waals surface area contributed by atoms with Crippen LogP contribution in [-0.4, -0.2) is 11.6 Å². The zero-order chi connectivity index (χ0) is 15.0. The van der Waals surface area contributed by atoms with Gasteiger partial charge in [-0.15, -0.1) is 0 Å². The largest absolute Gasteiger partial charge is 0.493 e. The molecule has 0 fully saturated rings. The summed E-state index contributed by atoms with van der Waals surface area (Å²) < 4.78 is 5.84. The van der Waals surface area contributed by atoms with Crippen LogP contribution in [0, 0.1) is 12.3 Å². The van der Waals surface area contributed by atoms with Crippen molar-refractivity contribution in [1.29, 1.82) is 0 Å². The van der Waals surface area contributed by atoms with Gasteiger partial charge < -0.3 is 4.74 Å². The second-order valence-corrected chi connectivity index (χ2v) is 7.03. The minimum absolute atomic E-state index is 0.248. The number of aryl methyl sites for hydroxylation is 1. The van der Waals surface area contributed by atoms with Gasteiger partial charge in [0.15, 0.2) is 0 Å². The molecule has 0 aliphatic carbocycles. The van der Waals surface area contributed by atoms with Gasteiger partial charge in [-0.3, -0.25) is 4.98 Å². The van der Waals surface area contributed by atoms with Gasteiger partial charge in [0.1, 0.15) is 5.75 Å². The summed E-state index contributed by atoms with van der Waals surface area (Å²) in [5, 5.41) is 0. The average Bonchev–Trinajstić information content (AvgIpc) is 2.46. The van der Waals surface area contributed by atoms with Crippen molar-refractivity contribution >= 4 is 0 Å². The van der Waals surface area contributed by atoms with E-state index in [1.165, 1.54) is 16.7 Å². The molecule has 2 aromatic rings. The summed E-state index contributed by atoms with van der Waals surface area (Å²) in [5.41, 5.74) is 4.97. The van der Waals surface area contributed by atoms with Crippen LogP contribution in [0.1, 0.15) is 44.2 Å². The summed E-state index contributed by atoms with van der Waals surface area (Å²) >= 11 is 0. The lowest BCUT2D eigenvalue weighted by Crippen LogP contribution is -2.25. The molecule has 2 heteroatoms. The zero-order valence-corrected chi connectivity index (χ0v) is 13.3. The van der Waals surface area contributed by atoms with Crippen LogP contribution < -0.4 is 4.74 Å². The van der Waals surface area contributed by atoms with Crippen LogP contribution >= 0.6 is 0 Å².